The van der Waals surface area contributed by atoms with Gasteiger partial charge in [0.2, 0.25) is 0 Å². The van der Waals surface area contributed by atoms with Gasteiger partial charge in [-0.25, -0.2) is 0 Å². The molecule has 4 nitrogen and oxygen atoms in total. The molecule has 3 atom stereocenters. The van der Waals surface area contributed by atoms with Crippen LogP contribution in [0.15, 0.2) is 0 Å². The van der Waals surface area contributed by atoms with Crippen LogP contribution in [0.2, 0.25) is 6.32 Å². The number of nitrogens with zero attached hydrogens (tertiary/aromatic N) is 1. The fourth-order valence-electron chi connectivity index (χ4n) is 5.01. The summed E-state index contributed by atoms with van der Waals surface area (Å²) in [6, 6.07) is 1.45. The Bertz CT molecular complexity index is 337. The zero-order chi connectivity index (χ0) is 15.4. The van der Waals surface area contributed by atoms with Crippen molar-refractivity contribution in [3.05, 3.63) is 0 Å². The minimum Gasteiger partial charge on any atom is -0.427 e. The first-order chi connectivity index (χ1) is 10.8. The fraction of sp³-hybridized carbons (Fsp3) is 1.00. The average molecular weight is 308 g/mol. The highest BCUT2D eigenvalue weighted by molar-refractivity contribution is 6.40. The first kappa shape index (κ1) is 16.8. The molecule has 0 radical (unpaired) electrons. The topological polar surface area (TPSA) is 55.7 Å². The quantitative estimate of drug-likeness (QED) is 0.521. The number of fused-ring (bicyclic) bond motifs is 1. The molecule has 0 bridgehead atoms. The molecule has 3 N–H and O–H groups in total. The highest BCUT2D eigenvalue weighted by Gasteiger charge is 2.44. The maximum Gasteiger partial charge on any atom is 0.451 e. The van der Waals surface area contributed by atoms with Crippen LogP contribution in [0.5, 0.6) is 0 Å². The minimum atomic E-state index is -1.13. The van der Waals surface area contributed by atoms with Crippen LogP contribution in [0, 0.1) is 5.92 Å². The molecule has 3 fully saturated rings. The van der Waals surface area contributed by atoms with Gasteiger partial charge in [0.15, 0.2) is 0 Å². The van der Waals surface area contributed by atoms with Crippen molar-refractivity contribution in [2.75, 3.05) is 6.54 Å². The van der Waals surface area contributed by atoms with Gasteiger partial charge in [-0.3, -0.25) is 10.2 Å². The van der Waals surface area contributed by atoms with Gasteiger partial charge in [0.05, 0.1) is 6.17 Å². The van der Waals surface area contributed by atoms with Crippen LogP contribution in [0.4, 0.5) is 0 Å². The van der Waals surface area contributed by atoms with Gasteiger partial charge in [-0.05, 0) is 50.9 Å². The van der Waals surface area contributed by atoms with E-state index in [4.69, 9.17) is 10.0 Å². The molecule has 0 aromatic carbocycles. The second-order valence-electron chi connectivity index (χ2n) is 7.68. The number of rotatable bonds is 6. The van der Waals surface area contributed by atoms with Gasteiger partial charge < -0.3 is 10.0 Å². The highest BCUT2D eigenvalue weighted by atomic mass is 16.4. The summed E-state index contributed by atoms with van der Waals surface area (Å²) in [6.07, 6.45) is 15.6. The SMILES string of the molecule is OB(O)CCCCN1C2CCCCC2NC1C1CCCCC1. The lowest BCUT2D eigenvalue weighted by molar-refractivity contribution is 0.105. The van der Waals surface area contributed by atoms with Crippen molar-refractivity contribution in [1.29, 1.82) is 0 Å². The van der Waals surface area contributed by atoms with Crippen molar-refractivity contribution in [2.45, 2.75) is 95.2 Å². The molecule has 0 amide bonds. The van der Waals surface area contributed by atoms with Crippen LogP contribution in [0.25, 0.3) is 0 Å². The van der Waals surface area contributed by atoms with Crippen LogP contribution < -0.4 is 5.32 Å². The summed E-state index contributed by atoms with van der Waals surface area (Å²) in [6.45, 7) is 1.13. The third kappa shape index (κ3) is 4.05. The fourth-order valence-corrected chi connectivity index (χ4v) is 5.01. The second kappa shape index (κ2) is 8.14. The number of hydrogen-bond donors (Lipinski definition) is 3. The maximum atomic E-state index is 9.02. The van der Waals surface area contributed by atoms with E-state index in [1.165, 1.54) is 57.8 Å². The van der Waals surface area contributed by atoms with Crippen molar-refractivity contribution in [3.8, 4) is 0 Å². The van der Waals surface area contributed by atoms with E-state index in [1.807, 2.05) is 0 Å². The summed E-state index contributed by atoms with van der Waals surface area (Å²) < 4.78 is 0. The van der Waals surface area contributed by atoms with E-state index in [2.05, 4.69) is 10.2 Å². The summed E-state index contributed by atoms with van der Waals surface area (Å²) >= 11 is 0. The molecule has 22 heavy (non-hydrogen) atoms. The van der Waals surface area contributed by atoms with Crippen LogP contribution in [0.1, 0.15) is 70.6 Å². The Labute approximate surface area is 135 Å². The predicted octanol–water partition coefficient (Wildman–Crippen LogP) is 2.36. The Kier molecular flexibility index (Phi) is 6.20. The summed E-state index contributed by atoms with van der Waals surface area (Å²) in [5, 5.41) is 22.0. The normalized spacial score (nSPS) is 33.8. The molecule has 1 heterocycles. The molecule has 5 heteroatoms. The Morgan fingerprint density at radius 1 is 0.909 bits per heavy atom. The predicted molar refractivity (Wildman–Crippen MR) is 90.5 cm³/mol. The van der Waals surface area contributed by atoms with E-state index in [0.717, 1.165) is 31.3 Å². The van der Waals surface area contributed by atoms with Gasteiger partial charge in [0.1, 0.15) is 0 Å². The first-order valence-electron chi connectivity index (χ1n) is 9.63. The van der Waals surface area contributed by atoms with Gasteiger partial charge >= 0.3 is 7.12 Å². The molecule has 0 spiro atoms. The summed E-state index contributed by atoms with van der Waals surface area (Å²) in [5.74, 6) is 0.836. The third-order valence-electron chi connectivity index (χ3n) is 6.12. The molecule has 2 saturated carbocycles. The minimum absolute atomic E-state index is 0.517. The maximum absolute atomic E-state index is 9.02. The van der Waals surface area contributed by atoms with Gasteiger partial charge in [-0.1, -0.05) is 38.5 Å². The molecule has 3 rings (SSSR count). The number of unbranched alkanes of at least 4 members (excludes halogenated alkanes) is 1. The van der Waals surface area contributed by atoms with Crippen molar-refractivity contribution in [3.63, 3.8) is 0 Å². The van der Waals surface area contributed by atoms with E-state index in [9.17, 15) is 0 Å². The zero-order valence-corrected chi connectivity index (χ0v) is 13.9. The average Bonchev–Trinajstić information content (AvgIpc) is 2.91. The smallest absolute Gasteiger partial charge is 0.427 e. The van der Waals surface area contributed by atoms with Crippen molar-refractivity contribution >= 4 is 7.12 Å². The molecule has 3 aliphatic rings. The van der Waals surface area contributed by atoms with Gasteiger partial charge in [-0.15, -0.1) is 0 Å². The molecule has 1 saturated heterocycles. The molecule has 0 aromatic rings. The molecular formula is C17H33BN2O2. The first-order valence-corrected chi connectivity index (χ1v) is 9.63. The Morgan fingerprint density at radius 2 is 1.64 bits per heavy atom. The lowest BCUT2D eigenvalue weighted by atomic mass is 9.83. The summed E-state index contributed by atoms with van der Waals surface area (Å²) in [5.41, 5.74) is 0. The second-order valence-corrected chi connectivity index (χ2v) is 7.68. The number of nitrogens with one attached hydrogen (secondary N) is 1. The largest absolute Gasteiger partial charge is 0.451 e. The highest BCUT2D eigenvalue weighted by Crippen LogP contribution is 2.37. The summed E-state index contributed by atoms with van der Waals surface area (Å²) in [7, 11) is -1.13. The third-order valence-corrected chi connectivity index (χ3v) is 6.12. The van der Waals surface area contributed by atoms with Crippen LogP contribution >= 0.6 is 0 Å². The van der Waals surface area contributed by atoms with E-state index in [-0.39, 0.29) is 0 Å². The standard InChI is InChI=1S/C17H33BN2O2/c21-18(22)12-6-7-13-20-16-11-5-4-10-15(16)19-17(20)14-8-2-1-3-9-14/h14-17,19,21-22H,1-13H2. The lowest BCUT2D eigenvalue weighted by Gasteiger charge is -2.37. The van der Waals surface area contributed by atoms with Crippen molar-refractivity contribution in [2.24, 2.45) is 5.92 Å². The monoisotopic (exact) mass is 308 g/mol. The number of hydrogen-bond acceptors (Lipinski definition) is 4. The molecular weight excluding hydrogens is 275 g/mol. The van der Waals surface area contributed by atoms with Crippen LogP contribution in [-0.4, -0.2) is 46.9 Å². The molecule has 0 aromatic heterocycles. The molecule has 3 unspecified atom stereocenters. The molecule has 1 aliphatic heterocycles. The van der Waals surface area contributed by atoms with Gasteiger partial charge in [0.25, 0.3) is 0 Å². The molecule has 126 valence electrons. The Morgan fingerprint density at radius 3 is 2.41 bits per heavy atom. The molecule has 2 aliphatic carbocycles. The van der Waals surface area contributed by atoms with E-state index in [1.54, 1.807) is 0 Å². The Balaban J connectivity index is 1.58. The van der Waals surface area contributed by atoms with E-state index in [0.29, 0.717) is 18.5 Å². The Hall–Kier alpha value is -0.0951. The van der Waals surface area contributed by atoms with Crippen LogP contribution in [-0.2, 0) is 0 Å². The van der Waals surface area contributed by atoms with Gasteiger partial charge in [0, 0.05) is 12.1 Å². The van der Waals surface area contributed by atoms with Gasteiger partial charge in [-0.2, -0.15) is 0 Å². The zero-order valence-electron chi connectivity index (χ0n) is 13.9. The lowest BCUT2D eigenvalue weighted by Crippen LogP contribution is -2.45. The van der Waals surface area contributed by atoms with E-state index < -0.39 is 7.12 Å². The van der Waals surface area contributed by atoms with Crippen molar-refractivity contribution < 1.29 is 10.0 Å². The van der Waals surface area contributed by atoms with Crippen molar-refractivity contribution in [1.82, 2.24) is 10.2 Å². The summed E-state index contributed by atoms with van der Waals surface area (Å²) in [4.78, 5) is 2.77. The van der Waals surface area contributed by atoms with Crippen LogP contribution in [0.3, 0.4) is 0 Å². The van der Waals surface area contributed by atoms with E-state index >= 15 is 0 Å².